The van der Waals surface area contributed by atoms with Crippen molar-refractivity contribution in [2.45, 2.75) is 32.0 Å². The maximum absolute atomic E-state index is 12.8. The summed E-state index contributed by atoms with van der Waals surface area (Å²) in [7, 11) is 0. The molecule has 0 spiro atoms. The molecule has 0 bridgehead atoms. The van der Waals surface area contributed by atoms with Gasteiger partial charge in [-0.25, -0.2) is 0 Å². The summed E-state index contributed by atoms with van der Waals surface area (Å²) < 4.78 is 38.5. The molecular weight excluding hydrogens is 405 g/mol. The Hall–Kier alpha value is -2.54. The van der Waals surface area contributed by atoms with Crippen LogP contribution in [0.1, 0.15) is 41.7 Å². The number of rotatable bonds is 8. The fourth-order valence-electron chi connectivity index (χ4n) is 2.90. The monoisotopic (exact) mass is 426 g/mol. The number of alkyl halides is 3. The predicted octanol–water partition coefficient (Wildman–Crippen LogP) is 5.00. The molecule has 4 nitrogen and oxygen atoms in total. The van der Waals surface area contributed by atoms with Gasteiger partial charge in [0, 0.05) is 6.54 Å². The van der Waals surface area contributed by atoms with Gasteiger partial charge in [0.1, 0.15) is 6.54 Å². The number of hydrogen-bond donors (Lipinski definition) is 1. The van der Waals surface area contributed by atoms with Crippen LogP contribution in [0.5, 0.6) is 0 Å². The molecule has 0 aliphatic heterocycles. The first kappa shape index (κ1) is 22.7. The van der Waals surface area contributed by atoms with E-state index in [-0.39, 0.29) is 23.6 Å². The van der Waals surface area contributed by atoms with Crippen molar-refractivity contribution in [1.29, 1.82) is 0 Å². The number of halogens is 4. The van der Waals surface area contributed by atoms with Crippen molar-refractivity contribution in [1.82, 2.24) is 10.2 Å². The van der Waals surface area contributed by atoms with E-state index in [1.54, 1.807) is 55.5 Å². The second-order valence-corrected chi connectivity index (χ2v) is 6.96. The molecule has 8 heteroatoms. The highest BCUT2D eigenvalue weighted by Crippen LogP contribution is 2.23. The smallest absolute Gasteiger partial charge is 0.345 e. The lowest BCUT2D eigenvalue weighted by atomic mass is 10.0. The van der Waals surface area contributed by atoms with Gasteiger partial charge in [0.2, 0.25) is 5.91 Å². The molecule has 156 valence electrons. The molecule has 1 atom stereocenters. The Kier molecular flexibility index (Phi) is 8.08. The van der Waals surface area contributed by atoms with E-state index in [1.807, 2.05) is 0 Å². The van der Waals surface area contributed by atoms with Crippen molar-refractivity contribution in [3.63, 3.8) is 0 Å². The van der Waals surface area contributed by atoms with Crippen LogP contribution in [0.3, 0.4) is 0 Å². The second kappa shape index (κ2) is 10.3. The van der Waals surface area contributed by atoms with Crippen LogP contribution in [0.15, 0.2) is 54.6 Å². The highest BCUT2D eigenvalue weighted by Gasteiger charge is 2.33. The van der Waals surface area contributed by atoms with Gasteiger partial charge in [-0.15, -0.1) is 0 Å². The summed E-state index contributed by atoms with van der Waals surface area (Å²) in [5.74, 6) is -1.19. The largest absolute Gasteiger partial charge is 0.406 e. The summed E-state index contributed by atoms with van der Waals surface area (Å²) in [5.41, 5.74) is 0.841. The van der Waals surface area contributed by atoms with Gasteiger partial charge in [-0.3, -0.25) is 9.59 Å². The lowest BCUT2D eigenvalue weighted by Crippen LogP contribution is -2.41. The molecule has 0 aliphatic carbocycles. The molecule has 0 radical (unpaired) electrons. The van der Waals surface area contributed by atoms with Gasteiger partial charge in [0.05, 0.1) is 23.0 Å². The standard InChI is InChI=1S/C21H22ClF3N2O2/c1-2-12-27(14-21(23,24)25)19(28)13-18(15-8-4-3-5-9-15)26-20(29)16-10-6-7-11-17(16)22/h3-11,18H,2,12-14H2,1H3,(H,26,29). The molecule has 2 amide bonds. The van der Waals surface area contributed by atoms with Crippen molar-refractivity contribution < 1.29 is 22.8 Å². The molecule has 0 aromatic heterocycles. The van der Waals surface area contributed by atoms with Gasteiger partial charge in [-0.1, -0.05) is 61.0 Å². The Balaban J connectivity index is 2.23. The first-order valence-corrected chi connectivity index (χ1v) is 9.54. The average Bonchev–Trinajstić information content (AvgIpc) is 2.67. The Labute approximate surface area is 172 Å². The lowest BCUT2D eigenvalue weighted by Gasteiger charge is -2.26. The molecular formula is C21H22ClF3N2O2. The van der Waals surface area contributed by atoms with Crippen LogP contribution in [-0.4, -0.2) is 36.0 Å². The van der Waals surface area contributed by atoms with Crippen molar-refractivity contribution in [2.75, 3.05) is 13.1 Å². The fourth-order valence-corrected chi connectivity index (χ4v) is 3.12. The minimum Gasteiger partial charge on any atom is -0.345 e. The normalized spacial score (nSPS) is 12.3. The molecule has 0 saturated heterocycles. The van der Waals surface area contributed by atoms with E-state index in [2.05, 4.69) is 5.32 Å². The molecule has 0 heterocycles. The maximum Gasteiger partial charge on any atom is 0.406 e. The zero-order valence-corrected chi connectivity index (χ0v) is 16.6. The van der Waals surface area contributed by atoms with E-state index < -0.39 is 30.6 Å². The van der Waals surface area contributed by atoms with Crippen molar-refractivity contribution in [2.24, 2.45) is 0 Å². The van der Waals surface area contributed by atoms with Crippen LogP contribution < -0.4 is 5.32 Å². The molecule has 1 N–H and O–H groups in total. The number of nitrogens with zero attached hydrogens (tertiary/aromatic N) is 1. The number of benzene rings is 2. The van der Waals surface area contributed by atoms with Crippen LogP contribution in [-0.2, 0) is 4.79 Å². The van der Waals surface area contributed by atoms with Crippen LogP contribution in [0.4, 0.5) is 13.2 Å². The number of amides is 2. The fraction of sp³-hybridized carbons (Fsp3) is 0.333. The van der Waals surface area contributed by atoms with Gasteiger partial charge in [-0.05, 0) is 24.1 Å². The zero-order chi connectivity index (χ0) is 21.4. The van der Waals surface area contributed by atoms with Crippen molar-refractivity contribution >= 4 is 23.4 Å². The molecule has 2 aromatic carbocycles. The van der Waals surface area contributed by atoms with Gasteiger partial charge in [-0.2, -0.15) is 13.2 Å². The van der Waals surface area contributed by atoms with E-state index in [1.165, 1.54) is 6.07 Å². The van der Waals surface area contributed by atoms with E-state index in [4.69, 9.17) is 11.6 Å². The van der Waals surface area contributed by atoms with E-state index >= 15 is 0 Å². The third-order valence-corrected chi connectivity index (χ3v) is 4.55. The van der Waals surface area contributed by atoms with Crippen LogP contribution >= 0.6 is 11.6 Å². The van der Waals surface area contributed by atoms with E-state index in [0.29, 0.717) is 12.0 Å². The number of nitrogens with one attached hydrogen (secondary N) is 1. The summed E-state index contributed by atoms with van der Waals surface area (Å²) >= 11 is 6.06. The molecule has 2 rings (SSSR count). The molecule has 2 aromatic rings. The predicted molar refractivity (Wildman–Crippen MR) is 106 cm³/mol. The summed E-state index contributed by atoms with van der Waals surface area (Å²) in [5, 5.41) is 2.97. The highest BCUT2D eigenvalue weighted by molar-refractivity contribution is 6.33. The lowest BCUT2D eigenvalue weighted by molar-refractivity contribution is -0.161. The summed E-state index contributed by atoms with van der Waals surface area (Å²) in [6, 6.07) is 14.3. The average molecular weight is 427 g/mol. The Morgan fingerprint density at radius 2 is 1.69 bits per heavy atom. The Morgan fingerprint density at radius 3 is 2.28 bits per heavy atom. The number of hydrogen-bond acceptors (Lipinski definition) is 2. The SMILES string of the molecule is CCCN(CC(F)(F)F)C(=O)CC(NC(=O)c1ccccc1Cl)c1ccccc1. The highest BCUT2D eigenvalue weighted by atomic mass is 35.5. The van der Waals surface area contributed by atoms with E-state index in [9.17, 15) is 22.8 Å². The van der Waals surface area contributed by atoms with Crippen molar-refractivity contribution in [3.8, 4) is 0 Å². The number of carbonyl (C=O) groups excluding carboxylic acids is 2. The summed E-state index contributed by atoms with van der Waals surface area (Å²) in [4.78, 5) is 26.1. The third kappa shape index (κ3) is 7.09. The number of carbonyl (C=O) groups is 2. The minimum absolute atomic E-state index is 0.0156. The van der Waals surface area contributed by atoms with Crippen LogP contribution in [0.25, 0.3) is 0 Å². The topological polar surface area (TPSA) is 49.4 Å². The van der Waals surface area contributed by atoms with Gasteiger partial charge < -0.3 is 10.2 Å². The zero-order valence-electron chi connectivity index (χ0n) is 15.9. The Morgan fingerprint density at radius 1 is 1.07 bits per heavy atom. The van der Waals surface area contributed by atoms with Gasteiger partial charge in [0.15, 0.2) is 0 Å². The van der Waals surface area contributed by atoms with Gasteiger partial charge in [0.25, 0.3) is 5.91 Å². The maximum atomic E-state index is 12.8. The molecule has 29 heavy (non-hydrogen) atoms. The van der Waals surface area contributed by atoms with Gasteiger partial charge >= 0.3 is 6.18 Å². The molecule has 0 fully saturated rings. The Bertz CT molecular complexity index is 828. The van der Waals surface area contributed by atoms with Crippen LogP contribution in [0, 0.1) is 0 Å². The van der Waals surface area contributed by atoms with Crippen molar-refractivity contribution in [3.05, 3.63) is 70.7 Å². The first-order valence-electron chi connectivity index (χ1n) is 9.16. The third-order valence-electron chi connectivity index (χ3n) is 4.22. The van der Waals surface area contributed by atoms with E-state index in [0.717, 1.165) is 4.90 Å². The molecule has 0 aliphatic rings. The van der Waals surface area contributed by atoms with Crippen LogP contribution in [0.2, 0.25) is 5.02 Å². The summed E-state index contributed by atoms with van der Waals surface area (Å²) in [6.45, 7) is 0.364. The molecule has 0 saturated carbocycles. The quantitative estimate of drug-likeness (QED) is 0.645. The minimum atomic E-state index is -4.49. The molecule has 1 unspecified atom stereocenters. The first-order chi connectivity index (χ1) is 13.7. The second-order valence-electron chi connectivity index (χ2n) is 6.55. The summed E-state index contributed by atoms with van der Waals surface area (Å²) in [6.07, 6.45) is -4.39.